The maximum absolute atomic E-state index is 11.5. The standard InChI is InChI=1S/C15H15NO3/c17-14-8-6-13(7-9-14)16-10-15(18)19-11-12-4-2-1-3-5-12/h1-9,16-17H,10-11H2. The number of hydrogen-bond donors (Lipinski definition) is 2. The van der Waals surface area contributed by atoms with Crippen LogP contribution in [0.15, 0.2) is 54.6 Å². The summed E-state index contributed by atoms with van der Waals surface area (Å²) in [4.78, 5) is 11.5. The fourth-order valence-electron chi connectivity index (χ4n) is 1.54. The number of carbonyl (C=O) groups excluding carboxylic acids is 1. The van der Waals surface area contributed by atoms with Crippen LogP contribution in [0.1, 0.15) is 5.56 Å². The first-order valence-corrected chi connectivity index (χ1v) is 5.96. The van der Waals surface area contributed by atoms with E-state index < -0.39 is 0 Å². The third-order valence-electron chi connectivity index (χ3n) is 2.55. The maximum atomic E-state index is 11.5. The first-order valence-electron chi connectivity index (χ1n) is 5.96. The summed E-state index contributed by atoms with van der Waals surface area (Å²) in [6, 6.07) is 16.0. The third-order valence-corrected chi connectivity index (χ3v) is 2.55. The zero-order chi connectivity index (χ0) is 13.5. The molecule has 98 valence electrons. The van der Waals surface area contributed by atoms with E-state index in [0.29, 0.717) is 0 Å². The van der Waals surface area contributed by atoms with E-state index in [1.165, 1.54) is 0 Å². The fraction of sp³-hybridized carbons (Fsp3) is 0.133. The van der Waals surface area contributed by atoms with E-state index in [4.69, 9.17) is 9.84 Å². The Morgan fingerprint density at radius 1 is 1.05 bits per heavy atom. The van der Waals surface area contributed by atoms with Gasteiger partial charge in [-0.15, -0.1) is 0 Å². The molecule has 0 aliphatic heterocycles. The van der Waals surface area contributed by atoms with Crippen LogP contribution in [0, 0.1) is 0 Å². The normalized spacial score (nSPS) is 9.89. The molecule has 0 saturated heterocycles. The second kappa shape index (κ2) is 6.44. The van der Waals surface area contributed by atoms with Crippen LogP contribution in [0.3, 0.4) is 0 Å². The number of hydrogen-bond acceptors (Lipinski definition) is 4. The Morgan fingerprint density at radius 2 is 1.74 bits per heavy atom. The number of benzene rings is 2. The predicted molar refractivity (Wildman–Crippen MR) is 72.8 cm³/mol. The molecule has 0 aliphatic carbocycles. The highest BCUT2D eigenvalue weighted by atomic mass is 16.5. The number of phenolic OH excluding ortho intramolecular Hbond substituents is 1. The molecule has 0 atom stereocenters. The monoisotopic (exact) mass is 257 g/mol. The highest BCUT2D eigenvalue weighted by molar-refractivity contribution is 5.75. The summed E-state index contributed by atoms with van der Waals surface area (Å²) in [5.74, 6) is -0.130. The molecule has 0 spiro atoms. The molecule has 2 N–H and O–H groups in total. The Morgan fingerprint density at radius 3 is 2.42 bits per heavy atom. The lowest BCUT2D eigenvalue weighted by molar-refractivity contribution is -0.142. The number of nitrogens with one attached hydrogen (secondary N) is 1. The van der Waals surface area contributed by atoms with Gasteiger partial charge in [0.15, 0.2) is 0 Å². The molecule has 0 bridgehead atoms. The molecule has 0 fully saturated rings. The molecule has 0 saturated carbocycles. The van der Waals surface area contributed by atoms with Gasteiger partial charge in [-0.25, -0.2) is 0 Å². The van der Waals surface area contributed by atoms with Gasteiger partial charge in [0.1, 0.15) is 18.9 Å². The zero-order valence-corrected chi connectivity index (χ0v) is 10.4. The maximum Gasteiger partial charge on any atom is 0.325 e. The van der Waals surface area contributed by atoms with Gasteiger partial charge in [0, 0.05) is 5.69 Å². The Labute approximate surface area is 111 Å². The highest BCUT2D eigenvalue weighted by Gasteiger charge is 2.03. The molecular weight excluding hydrogens is 242 g/mol. The summed E-state index contributed by atoms with van der Waals surface area (Å²) in [6.07, 6.45) is 0. The van der Waals surface area contributed by atoms with E-state index in [1.807, 2.05) is 30.3 Å². The van der Waals surface area contributed by atoms with Crippen molar-refractivity contribution < 1.29 is 14.6 Å². The summed E-state index contributed by atoms with van der Waals surface area (Å²) < 4.78 is 5.12. The van der Waals surface area contributed by atoms with Crippen LogP contribution in [0.2, 0.25) is 0 Å². The predicted octanol–water partition coefficient (Wildman–Crippen LogP) is 2.55. The molecule has 0 aromatic heterocycles. The SMILES string of the molecule is O=C(CNc1ccc(O)cc1)OCc1ccccc1. The number of rotatable bonds is 5. The van der Waals surface area contributed by atoms with Crippen molar-refractivity contribution in [3.63, 3.8) is 0 Å². The van der Waals surface area contributed by atoms with E-state index in [-0.39, 0.29) is 24.9 Å². The Bertz CT molecular complexity index is 523. The molecule has 19 heavy (non-hydrogen) atoms. The lowest BCUT2D eigenvalue weighted by Gasteiger charge is -2.07. The van der Waals surface area contributed by atoms with Gasteiger partial charge in [0.05, 0.1) is 0 Å². The van der Waals surface area contributed by atoms with Crippen LogP contribution < -0.4 is 5.32 Å². The molecule has 0 radical (unpaired) electrons. The summed E-state index contributed by atoms with van der Waals surface area (Å²) >= 11 is 0. The second-order valence-corrected chi connectivity index (χ2v) is 4.05. The molecule has 4 heteroatoms. The van der Waals surface area contributed by atoms with Crippen molar-refractivity contribution >= 4 is 11.7 Å². The minimum Gasteiger partial charge on any atom is -0.508 e. The van der Waals surface area contributed by atoms with Crippen molar-refractivity contribution in [2.75, 3.05) is 11.9 Å². The van der Waals surface area contributed by atoms with E-state index >= 15 is 0 Å². The largest absolute Gasteiger partial charge is 0.508 e. The number of ether oxygens (including phenoxy) is 1. The lowest BCUT2D eigenvalue weighted by Crippen LogP contribution is -2.16. The highest BCUT2D eigenvalue weighted by Crippen LogP contribution is 2.13. The smallest absolute Gasteiger partial charge is 0.325 e. The minimum absolute atomic E-state index is 0.0949. The van der Waals surface area contributed by atoms with Gasteiger partial charge in [-0.3, -0.25) is 4.79 Å². The third kappa shape index (κ3) is 4.35. The van der Waals surface area contributed by atoms with Crippen LogP contribution in [-0.2, 0) is 16.1 Å². The summed E-state index contributed by atoms with van der Waals surface area (Å²) in [7, 11) is 0. The number of carbonyl (C=O) groups is 1. The summed E-state index contributed by atoms with van der Waals surface area (Å²) in [5.41, 5.74) is 1.72. The number of aromatic hydroxyl groups is 1. The van der Waals surface area contributed by atoms with Gasteiger partial charge in [0.2, 0.25) is 0 Å². The summed E-state index contributed by atoms with van der Waals surface area (Å²) in [5, 5.41) is 12.0. The van der Waals surface area contributed by atoms with E-state index in [0.717, 1.165) is 11.3 Å². The van der Waals surface area contributed by atoms with Crippen molar-refractivity contribution in [1.82, 2.24) is 0 Å². The van der Waals surface area contributed by atoms with Crippen molar-refractivity contribution in [1.29, 1.82) is 0 Å². The minimum atomic E-state index is -0.322. The Hall–Kier alpha value is -2.49. The van der Waals surface area contributed by atoms with Gasteiger partial charge in [0.25, 0.3) is 0 Å². The van der Waals surface area contributed by atoms with Gasteiger partial charge in [-0.1, -0.05) is 30.3 Å². The van der Waals surface area contributed by atoms with Crippen molar-refractivity contribution in [3.8, 4) is 5.75 Å². The lowest BCUT2D eigenvalue weighted by atomic mass is 10.2. The molecule has 0 aliphatic rings. The van der Waals surface area contributed by atoms with Gasteiger partial charge in [-0.05, 0) is 29.8 Å². The van der Waals surface area contributed by atoms with Crippen molar-refractivity contribution in [2.24, 2.45) is 0 Å². The van der Waals surface area contributed by atoms with Crippen molar-refractivity contribution in [3.05, 3.63) is 60.2 Å². The Balaban J connectivity index is 1.74. The zero-order valence-electron chi connectivity index (χ0n) is 10.4. The number of phenols is 1. The first kappa shape index (κ1) is 13.0. The molecule has 2 aromatic carbocycles. The van der Waals surface area contributed by atoms with E-state index in [9.17, 15) is 4.79 Å². The first-order chi connectivity index (χ1) is 9.24. The van der Waals surface area contributed by atoms with Gasteiger partial charge >= 0.3 is 5.97 Å². The second-order valence-electron chi connectivity index (χ2n) is 4.05. The van der Waals surface area contributed by atoms with Crippen LogP contribution in [0.25, 0.3) is 0 Å². The van der Waals surface area contributed by atoms with Crippen LogP contribution in [0.4, 0.5) is 5.69 Å². The number of esters is 1. The molecule has 4 nitrogen and oxygen atoms in total. The Kier molecular flexibility index (Phi) is 4.39. The van der Waals surface area contributed by atoms with Gasteiger partial charge < -0.3 is 15.2 Å². The molecule has 0 heterocycles. The molecular formula is C15H15NO3. The average Bonchev–Trinajstić information content (AvgIpc) is 2.45. The van der Waals surface area contributed by atoms with E-state index in [1.54, 1.807) is 24.3 Å². The quantitative estimate of drug-likeness (QED) is 0.638. The van der Waals surface area contributed by atoms with Crippen molar-refractivity contribution in [2.45, 2.75) is 6.61 Å². The molecule has 2 aromatic rings. The average molecular weight is 257 g/mol. The molecule has 2 rings (SSSR count). The van der Waals surface area contributed by atoms with Crippen LogP contribution in [-0.4, -0.2) is 17.6 Å². The molecule has 0 amide bonds. The van der Waals surface area contributed by atoms with Crippen LogP contribution in [0.5, 0.6) is 5.75 Å². The van der Waals surface area contributed by atoms with E-state index in [2.05, 4.69) is 5.32 Å². The number of anilines is 1. The fourth-order valence-corrected chi connectivity index (χ4v) is 1.54. The van der Waals surface area contributed by atoms with Gasteiger partial charge in [-0.2, -0.15) is 0 Å². The summed E-state index contributed by atoms with van der Waals surface area (Å²) in [6.45, 7) is 0.370. The topological polar surface area (TPSA) is 58.6 Å². The molecule has 0 unspecified atom stereocenters. The van der Waals surface area contributed by atoms with Crippen LogP contribution >= 0.6 is 0 Å².